The van der Waals surface area contributed by atoms with E-state index in [-0.39, 0.29) is 17.0 Å². The van der Waals surface area contributed by atoms with Crippen LogP contribution in [0, 0.1) is 0 Å². The predicted octanol–water partition coefficient (Wildman–Crippen LogP) is 4.08. The molecule has 0 aliphatic carbocycles. The Kier molecular flexibility index (Phi) is 7.33. The number of azide groups is 1. The van der Waals surface area contributed by atoms with Crippen molar-refractivity contribution in [3.05, 3.63) is 83.3 Å². The molecule has 31 heavy (non-hydrogen) atoms. The van der Waals surface area contributed by atoms with Crippen molar-refractivity contribution < 1.29 is 9.22 Å². The van der Waals surface area contributed by atoms with Gasteiger partial charge in [-0.2, -0.15) is 0 Å². The van der Waals surface area contributed by atoms with E-state index in [9.17, 15) is 4.79 Å². The Morgan fingerprint density at radius 1 is 1.10 bits per heavy atom. The van der Waals surface area contributed by atoms with Gasteiger partial charge in [-0.3, -0.25) is 4.79 Å². The van der Waals surface area contributed by atoms with Crippen LogP contribution in [0.5, 0.6) is 0 Å². The molecule has 2 aromatic carbocycles. The van der Waals surface area contributed by atoms with Crippen molar-refractivity contribution in [2.24, 2.45) is 5.11 Å². The summed E-state index contributed by atoms with van der Waals surface area (Å²) in [6.07, 6.45) is 5.21. The lowest BCUT2D eigenvalue weighted by atomic mass is 10.1. The fraction of sp³-hybridized carbons (Fsp3) is 0.375. The highest BCUT2D eigenvalue weighted by molar-refractivity contribution is 6.99. The monoisotopic (exact) mass is 434 g/mol. The van der Waals surface area contributed by atoms with E-state index in [0.29, 0.717) is 19.4 Å². The van der Waals surface area contributed by atoms with Crippen molar-refractivity contribution in [2.45, 2.75) is 50.7 Å². The van der Waals surface area contributed by atoms with Crippen LogP contribution in [0.2, 0.25) is 5.04 Å². The van der Waals surface area contributed by atoms with E-state index in [1.165, 1.54) is 10.4 Å². The van der Waals surface area contributed by atoms with Crippen LogP contribution in [-0.4, -0.2) is 32.9 Å². The van der Waals surface area contributed by atoms with E-state index < -0.39 is 14.4 Å². The number of benzene rings is 2. The quantitative estimate of drug-likeness (QED) is 0.244. The second kappa shape index (κ2) is 9.96. The van der Waals surface area contributed by atoms with E-state index in [1.807, 2.05) is 24.3 Å². The molecule has 2 atom stereocenters. The minimum atomic E-state index is -2.68. The van der Waals surface area contributed by atoms with Gasteiger partial charge in [-0.25, -0.2) is 0 Å². The normalized spacial score (nSPS) is 20.7. The molecule has 2 aromatic rings. The third kappa shape index (κ3) is 5.07. The second-order valence-electron chi connectivity index (χ2n) is 8.82. The zero-order valence-electron chi connectivity index (χ0n) is 18.4. The van der Waals surface area contributed by atoms with Gasteiger partial charge in [0.25, 0.3) is 8.32 Å². The second-order valence-corrected chi connectivity index (χ2v) is 13.1. The first kappa shape index (κ1) is 22.8. The Morgan fingerprint density at radius 3 is 2.19 bits per heavy atom. The molecule has 0 unspecified atom stereocenters. The average molecular weight is 435 g/mol. The molecule has 0 spiro atoms. The molecule has 0 bridgehead atoms. The largest absolute Gasteiger partial charge is 0.405 e. The van der Waals surface area contributed by atoms with Gasteiger partial charge >= 0.3 is 0 Å². The fourth-order valence-corrected chi connectivity index (χ4v) is 8.80. The summed E-state index contributed by atoms with van der Waals surface area (Å²) < 4.78 is 6.92. The van der Waals surface area contributed by atoms with Gasteiger partial charge in [0, 0.05) is 4.91 Å². The smallest absolute Gasteiger partial charge is 0.261 e. The molecule has 0 radical (unpaired) electrons. The highest BCUT2D eigenvalue weighted by Gasteiger charge is 2.50. The molecule has 162 valence electrons. The zero-order chi connectivity index (χ0) is 22.3. The summed E-state index contributed by atoms with van der Waals surface area (Å²) in [5, 5.41) is 8.89. The lowest BCUT2D eigenvalue weighted by molar-refractivity contribution is -0.123. The number of amides is 1. The van der Waals surface area contributed by atoms with Crippen LogP contribution in [-0.2, 0) is 9.22 Å². The molecule has 7 heteroatoms. The lowest BCUT2D eigenvalue weighted by Gasteiger charge is -2.43. The zero-order valence-corrected chi connectivity index (χ0v) is 19.4. The van der Waals surface area contributed by atoms with Crippen LogP contribution in [0.3, 0.4) is 0 Å². The maximum absolute atomic E-state index is 12.6. The van der Waals surface area contributed by atoms with Crippen LogP contribution in [0.4, 0.5) is 0 Å². The van der Waals surface area contributed by atoms with Crippen molar-refractivity contribution in [3.8, 4) is 0 Å². The van der Waals surface area contributed by atoms with Gasteiger partial charge in [0.1, 0.15) is 6.04 Å². The summed E-state index contributed by atoms with van der Waals surface area (Å²) in [5.41, 5.74) is 8.76. The molecule has 6 nitrogen and oxygen atoms in total. The van der Waals surface area contributed by atoms with E-state index >= 15 is 0 Å². The molecule has 1 N–H and O–H groups in total. The summed E-state index contributed by atoms with van der Waals surface area (Å²) in [5.74, 6) is -0.252. The standard InChI is InChI=1S/C24H30N4O2Si/c1-24(2,3)31(20-13-6-4-7-14-20,21-15-8-5-9-16-21)30-18-19-12-10-11-17-22(27-28-25)23(29)26-19/h4-10,12-16,19,22H,11,17-18H2,1-3H3,(H,26,29)/b12-10-/t19-,22-/m1/s1. The van der Waals surface area contributed by atoms with Crippen LogP contribution in [0.15, 0.2) is 77.9 Å². The Morgan fingerprint density at radius 2 is 1.68 bits per heavy atom. The van der Waals surface area contributed by atoms with E-state index in [2.05, 4.69) is 84.6 Å². The van der Waals surface area contributed by atoms with E-state index in [0.717, 1.165) is 0 Å². The van der Waals surface area contributed by atoms with Crippen LogP contribution in [0.1, 0.15) is 33.6 Å². The van der Waals surface area contributed by atoms with E-state index in [4.69, 9.17) is 9.96 Å². The summed E-state index contributed by atoms with van der Waals surface area (Å²) >= 11 is 0. The molecule has 1 aliphatic rings. The van der Waals surface area contributed by atoms with Gasteiger partial charge in [0.05, 0.1) is 12.6 Å². The predicted molar refractivity (Wildman–Crippen MR) is 127 cm³/mol. The highest BCUT2D eigenvalue weighted by atomic mass is 28.4. The first-order valence-corrected chi connectivity index (χ1v) is 12.6. The van der Waals surface area contributed by atoms with Gasteiger partial charge < -0.3 is 9.74 Å². The van der Waals surface area contributed by atoms with Gasteiger partial charge in [0.2, 0.25) is 5.91 Å². The number of nitrogens with one attached hydrogen (secondary N) is 1. The maximum atomic E-state index is 12.6. The number of rotatable bonds is 6. The van der Waals surface area contributed by atoms with Crippen molar-refractivity contribution in [1.82, 2.24) is 5.32 Å². The van der Waals surface area contributed by atoms with Crippen molar-refractivity contribution in [1.29, 1.82) is 0 Å². The van der Waals surface area contributed by atoms with Gasteiger partial charge in [-0.1, -0.05) is 98.7 Å². The fourth-order valence-electron chi connectivity index (χ4n) is 4.22. The molecule has 0 saturated carbocycles. The number of carbonyl (C=O) groups is 1. The Bertz CT molecular complexity index is 911. The maximum Gasteiger partial charge on any atom is 0.261 e. The lowest BCUT2D eigenvalue weighted by Crippen LogP contribution is -2.67. The molecule has 3 rings (SSSR count). The van der Waals surface area contributed by atoms with Crippen LogP contribution < -0.4 is 15.7 Å². The molecule has 1 aliphatic heterocycles. The Balaban J connectivity index is 1.97. The number of carbonyl (C=O) groups excluding carboxylic acids is 1. The Hall–Kier alpha value is -2.86. The number of hydrogen-bond donors (Lipinski definition) is 1. The summed E-state index contributed by atoms with van der Waals surface area (Å²) in [6.45, 7) is 7.02. The molecule has 0 fully saturated rings. The summed E-state index contributed by atoms with van der Waals surface area (Å²) in [7, 11) is -2.68. The minimum Gasteiger partial charge on any atom is -0.405 e. The summed E-state index contributed by atoms with van der Waals surface area (Å²) in [6, 6.07) is 19.9. The SMILES string of the molecule is CC(C)(C)[Si](OC[C@H]1/C=C\CC[C@@H](N=[N+]=[N-])C(=O)N1)(c1ccccc1)c1ccccc1. The molecule has 0 aromatic heterocycles. The highest BCUT2D eigenvalue weighted by Crippen LogP contribution is 2.36. The molecular formula is C24H30N4O2Si. The third-order valence-electron chi connectivity index (χ3n) is 5.69. The van der Waals surface area contributed by atoms with Crippen LogP contribution in [0.25, 0.3) is 10.4 Å². The number of hydrogen-bond acceptors (Lipinski definition) is 3. The molecule has 1 heterocycles. The minimum absolute atomic E-state index is 0.140. The Labute approximate surface area is 185 Å². The third-order valence-corrected chi connectivity index (χ3v) is 10.7. The molecule has 0 saturated heterocycles. The topological polar surface area (TPSA) is 87.1 Å². The van der Waals surface area contributed by atoms with Crippen molar-refractivity contribution in [3.63, 3.8) is 0 Å². The van der Waals surface area contributed by atoms with Gasteiger partial charge in [0.15, 0.2) is 0 Å². The van der Waals surface area contributed by atoms with Crippen molar-refractivity contribution in [2.75, 3.05) is 6.61 Å². The van der Waals surface area contributed by atoms with Crippen molar-refractivity contribution >= 4 is 24.6 Å². The van der Waals surface area contributed by atoms with Gasteiger partial charge in [-0.05, 0) is 33.8 Å². The number of nitrogens with zero attached hydrogens (tertiary/aromatic N) is 3. The summed E-state index contributed by atoms with van der Waals surface area (Å²) in [4.78, 5) is 15.4. The average Bonchev–Trinajstić information content (AvgIpc) is 2.75. The first-order chi connectivity index (χ1) is 14.9. The van der Waals surface area contributed by atoms with Crippen LogP contribution >= 0.6 is 0 Å². The molecule has 1 amide bonds. The van der Waals surface area contributed by atoms with Gasteiger partial charge in [-0.15, -0.1) is 0 Å². The number of allylic oxidation sites excluding steroid dienone is 1. The first-order valence-electron chi connectivity index (χ1n) is 10.6. The van der Waals surface area contributed by atoms with E-state index in [1.54, 1.807) is 0 Å². The molecular weight excluding hydrogens is 404 g/mol.